The van der Waals surface area contributed by atoms with E-state index < -0.39 is 0 Å². The predicted octanol–water partition coefficient (Wildman–Crippen LogP) is 2.97. The highest BCUT2D eigenvalue weighted by Gasteiger charge is 2.20. The van der Waals surface area contributed by atoms with Crippen LogP contribution in [0.3, 0.4) is 0 Å². The average molecular weight is 323 g/mol. The lowest BCUT2D eigenvalue weighted by atomic mass is 10.0. The minimum absolute atomic E-state index is 0.0616. The molecule has 0 spiro atoms. The van der Waals surface area contributed by atoms with Gasteiger partial charge in [-0.2, -0.15) is 0 Å². The van der Waals surface area contributed by atoms with Gasteiger partial charge in [0, 0.05) is 36.9 Å². The van der Waals surface area contributed by atoms with Gasteiger partial charge in [0.15, 0.2) is 0 Å². The molecule has 2 aromatic heterocycles. The van der Waals surface area contributed by atoms with Crippen LogP contribution in [-0.4, -0.2) is 14.7 Å². The van der Waals surface area contributed by atoms with E-state index in [-0.39, 0.29) is 17.4 Å². The number of pyridine rings is 2. The highest BCUT2D eigenvalue weighted by Crippen LogP contribution is 2.29. The van der Waals surface area contributed by atoms with Crippen molar-refractivity contribution in [3.05, 3.63) is 70.3 Å². The maximum absolute atomic E-state index is 12.8. The van der Waals surface area contributed by atoms with Crippen LogP contribution < -0.4 is 10.9 Å². The fraction of sp³-hybridized carbons (Fsp3) is 0.263. The lowest BCUT2D eigenvalue weighted by Crippen LogP contribution is -2.30. The third-order valence-electron chi connectivity index (χ3n) is 4.27. The van der Waals surface area contributed by atoms with E-state index in [0.29, 0.717) is 24.0 Å². The summed E-state index contributed by atoms with van der Waals surface area (Å²) in [6.07, 6.45) is 3.51. The topological polar surface area (TPSA) is 67.2 Å². The average Bonchev–Trinajstić information content (AvgIpc) is 2.61. The summed E-state index contributed by atoms with van der Waals surface area (Å²) >= 11 is 0. The first kappa shape index (κ1) is 16.2. The van der Waals surface area contributed by atoms with Gasteiger partial charge < -0.3 is 15.0 Å². The van der Waals surface area contributed by atoms with Crippen LogP contribution in [0.5, 0.6) is 5.75 Å². The summed E-state index contributed by atoms with van der Waals surface area (Å²) in [5, 5.41) is 14.6. The summed E-state index contributed by atoms with van der Waals surface area (Å²) in [5.41, 5.74) is 2.03. The van der Waals surface area contributed by atoms with Crippen LogP contribution in [-0.2, 0) is 13.1 Å². The molecule has 0 amide bonds. The second-order valence-corrected chi connectivity index (χ2v) is 5.79. The van der Waals surface area contributed by atoms with Gasteiger partial charge in [-0.3, -0.25) is 9.78 Å². The Morgan fingerprint density at radius 2 is 2.04 bits per heavy atom. The molecule has 1 aromatic carbocycles. The molecule has 0 saturated heterocycles. The van der Waals surface area contributed by atoms with Crippen LogP contribution in [0.25, 0.3) is 10.9 Å². The molecule has 0 bridgehead atoms. The number of hydrogen-bond acceptors (Lipinski definition) is 4. The molecule has 0 saturated carbocycles. The van der Waals surface area contributed by atoms with Gasteiger partial charge in [-0.15, -0.1) is 0 Å². The molecular weight excluding hydrogens is 302 g/mol. The lowest BCUT2D eigenvalue weighted by molar-refractivity contribution is 0.452. The van der Waals surface area contributed by atoms with Crippen LogP contribution in [0, 0.1) is 0 Å². The summed E-state index contributed by atoms with van der Waals surface area (Å²) in [6.45, 7) is 4.96. The second kappa shape index (κ2) is 6.84. The molecule has 0 aliphatic heterocycles. The summed E-state index contributed by atoms with van der Waals surface area (Å²) < 4.78 is 1.70. The van der Waals surface area contributed by atoms with E-state index in [4.69, 9.17) is 0 Å². The third kappa shape index (κ3) is 2.90. The number of aryl methyl sites for hydroxylation is 1. The molecule has 24 heavy (non-hydrogen) atoms. The van der Waals surface area contributed by atoms with E-state index in [1.807, 2.05) is 50.2 Å². The van der Waals surface area contributed by atoms with Crippen LogP contribution in [0.2, 0.25) is 0 Å². The van der Waals surface area contributed by atoms with E-state index in [2.05, 4.69) is 10.3 Å². The number of benzene rings is 1. The number of fused-ring (bicyclic) bond motifs is 1. The van der Waals surface area contributed by atoms with Crippen LogP contribution in [0.1, 0.15) is 31.0 Å². The molecular formula is C19H21N3O2. The number of para-hydroxylation sites is 1. The van der Waals surface area contributed by atoms with E-state index in [1.54, 1.807) is 17.0 Å². The molecule has 3 rings (SSSR count). The Kier molecular flexibility index (Phi) is 4.62. The summed E-state index contributed by atoms with van der Waals surface area (Å²) in [7, 11) is 0. The maximum atomic E-state index is 12.8. The van der Waals surface area contributed by atoms with Crippen LogP contribution in [0.15, 0.2) is 53.6 Å². The number of nitrogens with zero attached hydrogens (tertiary/aromatic N) is 2. The highest BCUT2D eigenvalue weighted by atomic mass is 16.3. The molecule has 124 valence electrons. The maximum Gasteiger partial charge on any atom is 0.259 e. The van der Waals surface area contributed by atoms with Crippen molar-refractivity contribution in [1.82, 2.24) is 14.9 Å². The van der Waals surface area contributed by atoms with Gasteiger partial charge in [0.1, 0.15) is 5.75 Å². The predicted molar refractivity (Wildman–Crippen MR) is 95.0 cm³/mol. The number of rotatable bonds is 5. The van der Waals surface area contributed by atoms with E-state index in [0.717, 1.165) is 11.1 Å². The fourth-order valence-electron chi connectivity index (χ4n) is 2.99. The minimum Gasteiger partial charge on any atom is -0.507 e. The Balaban J connectivity index is 2.00. The quantitative estimate of drug-likeness (QED) is 0.757. The Bertz CT molecular complexity index is 904. The Morgan fingerprint density at radius 3 is 2.75 bits per heavy atom. The first-order valence-corrected chi connectivity index (χ1v) is 8.10. The molecule has 2 N–H and O–H groups in total. The molecule has 2 heterocycles. The number of aromatic nitrogens is 2. The van der Waals surface area contributed by atoms with Gasteiger partial charge in [0.05, 0.1) is 11.1 Å². The molecule has 0 unspecified atom stereocenters. The van der Waals surface area contributed by atoms with E-state index in [1.165, 1.54) is 0 Å². The van der Waals surface area contributed by atoms with Gasteiger partial charge in [-0.25, -0.2) is 0 Å². The van der Waals surface area contributed by atoms with Crippen molar-refractivity contribution in [1.29, 1.82) is 0 Å². The van der Waals surface area contributed by atoms with Crippen molar-refractivity contribution in [3.8, 4) is 5.75 Å². The van der Waals surface area contributed by atoms with Gasteiger partial charge >= 0.3 is 0 Å². The Hall–Kier alpha value is -2.66. The fourth-order valence-corrected chi connectivity index (χ4v) is 2.99. The SMILES string of the molecule is CCn1c(=O)c([C@H](C)NCc2cccnc2)c(O)c2ccccc21. The molecule has 5 nitrogen and oxygen atoms in total. The zero-order valence-corrected chi connectivity index (χ0v) is 13.9. The number of aromatic hydroxyl groups is 1. The lowest BCUT2D eigenvalue weighted by Gasteiger charge is -2.19. The van der Waals surface area contributed by atoms with Crippen molar-refractivity contribution in [3.63, 3.8) is 0 Å². The van der Waals surface area contributed by atoms with Crippen molar-refractivity contribution in [2.24, 2.45) is 0 Å². The van der Waals surface area contributed by atoms with Gasteiger partial charge in [0.25, 0.3) is 5.56 Å². The first-order chi connectivity index (χ1) is 11.6. The highest BCUT2D eigenvalue weighted by molar-refractivity contribution is 5.86. The largest absolute Gasteiger partial charge is 0.507 e. The van der Waals surface area contributed by atoms with Gasteiger partial charge in [0.2, 0.25) is 0 Å². The molecule has 5 heteroatoms. The molecule has 3 aromatic rings. The van der Waals surface area contributed by atoms with Crippen molar-refractivity contribution in [2.75, 3.05) is 0 Å². The zero-order valence-electron chi connectivity index (χ0n) is 13.9. The monoisotopic (exact) mass is 323 g/mol. The van der Waals surface area contributed by atoms with Crippen molar-refractivity contribution >= 4 is 10.9 Å². The van der Waals surface area contributed by atoms with E-state index in [9.17, 15) is 9.90 Å². The van der Waals surface area contributed by atoms with Crippen molar-refractivity contribution in [2.45, 2.75) is 33.0 Å². The summed E-state index contributed by atoms with van der Waals surface area (Å²) in [6, 6.07) is 11.0. The zero-order chi connectivity index (χ0) is 17.1. The molecule has 0 aliphatic carbocycles. The van der Waals surface area contributed by atoms with Gasteiger partial charge in [-0.1, -0.05) is 18.2 Å². The molecule has 1 atom stereocenters. The van der Waals surface area contributed by atoms with Crippen molar-refractivity contribution < 1.29 is 5.11 Å². The van der Waals surface area contributed by atoms with Crippen LogP contribution >= 0.6 is 0 Å². The molecule has 0 aliphatic rings. The standard InChI is InChI=1S/C19H21N3O2/c1-3-22-16-9-5-4-8-15(16)18(23)17(19(22)24)13(2)21-12-14-7-6-10-20-11-14/h4-11,13,21,23H,3,12H2,1-2H3/t13-/m0/s1. The number of nitrogens with one attached hydrogen (secondary N) is 1. The first-order valence-electron chi connectivity index (χ1n) is 8.10. The van der Waals surface area contributed by atoms with E-state index >= 15 is 0 Å². The summed E-state index contributed by atoms with van der Waals surface area (Å²) in [4.78, 5) is 16.9. The minimum atomic E-state index is -0.278. The second-order valence-electron chi connectivity index (χ2n) is 5.79. The Morgan fingerprint density at radius 1 is 1.25 bits per heavy atom. The molecule has 0 radical (unpaired) electrons. The summed E-state index contributed by atoms with van der Waals surface area (Å²) in [5.74, 6) is 0.0616. The normalized spacial score (nSPS) is 12.4. The molecule has 0 fully saturated rings. The smallest absolute Gasteiger partial charge is 0.259 e. The third-order valence-corrected chi connectivity index (χ3v) is 4.27. The number of hydrogen-bond donors (Lipinski definition) is 2. The Labute approximate surface area is 140 Å². The van der Waals surface area contributed by atoms with Gasteiger partial charge in [-0.05, 0) is 37.6 Å². The van der Waals surface area contributed by atoms with Crippen LogP contribution in [0.4, 0.5) is 0 Å².